The van der Waals surface area contributed by atoms with Gasteiger partial charge in [0.25, 0.3) is 0 Å². The van der Waals surface area contributed by atoms with Gasteiger partial charge in [-0.15, -0.1) is 0 Å². The summed E-state index contributed by atoms with van der Waals surface area (Å²) in [4.78, 5) is 0. The van der Waals surface area contributed by atoms with Gasteiger partial charge in [0.05, 0.1) is 11.5 Å². The van der Waals surface area contributed by atoms with Crippen LogP contribution in [-0.2, 0) is 15.5 Å². The Morgan fingerprint density at radius 1 is 1.80 bits per heavy atom. The van der Waals surface area contributed by atoms with E-state index in [0.29, 0.717) is 11.9 Å². The maximum absolute atomic E-state index is 10.6. The van der Waals surface area contributed by atoms with Gasteiger partial charge in [0.15, 0.2) is 0 Å². The average Bonchev–Trinajstić information content (AvgIpc) is 2.46. The highest BCUT2D eigenvalue weighted by Gasteiger charge is 2.33. The minimum atomic E-state index is -0.568. The molecule has 2 unspecified atom stereocenters. The van der Waals surface area contributed by atoms with Crippen molar-refractivity contribution in [2.24, 2.45) is 0 Å². The highest BCUT2D eigenvalue weighted by molar-refractivity contribution is 7.93. The third kappa shape index (κ3) is 2.52. The molecule has 1 fully saturated rings. The monoisotopic (exact) mass is 160 g/mol. The van der Waals surface area contributed by atoms with Crippen LogP contribution in [0.25, 0.3) is 0 Å². The van der Waals surface area contributed by atoms with Crippen molar-refractivity contribution in [3.05, 3.63) is 11.8 Å². The molecule has 2 atom stereocenters. The molecule has 0 aromatic rings. The molecule has 0 spiro atoms. The van der Waals surface area contributed by atoms with Crippen LogP contribution in [0, 0.1) is 0 Å². The highest BCUT2D eigenvalue weighted by Crippen LogP contribution is 2.15. The van der Waals surface area contributed by atoms with Crippen molar-refractivity contribution < 1.29 is 8.95 Å². The van der Waals surface area contributed by atoms with E-state index < -0.39 is 10.8 Å². The predicted octanol–water partition coefficient (Wildman–Crippen LogP) is 1.06. The third-order valence-corrected chi connectivity index (χ3v) is 2.56. The zero-order valence-electron chi connectivity index (χ0n) is 6.29. The molecule has 0 aromatic carbocycles. The topological polar surface area (TPSA) is 26.3 Å². The van der Waals surface area contributed by atoms with Gasteiger partial charge < -0.3 is 4.74 Å². The Bertz CT molecular complexity index is 170. The van der Waals surface area contributed by atoms with Crippen LogP contribution in [0.15, 0.2) is 11.8 Å². The molecular formula is C7H12O2S. The summed E-state index contributed by atoms with van der Waals surface area (Å²) in [5.41, 5.74) is 1.14. The maximum atomic E-state index is 10.6. The van der Waals surface area contributed by atoms with Crippen LogP contribution in [0.1, 0.15) is 13.8 Å². The summed E-state index contributed by atoms with van der Waals surface area (Å²) in [5.74, 6) is 0.830. The summed E-state index contributed by atoms with van der Waals surface area (Å²) in [5, 5.41) is 0.315. The predicted molar refractivity (Wildman–Crippen MR) is 42.2 cm³/mol. The van der Waals surface area contributed by atoms with Crippen LogP contribution in [0.5, 0.6) is 0 Å². The second-order valence-electron chi connectivity index (χ2n) is 2.70. The van der Waals surface area contributed by atoms with Gasteiger partial charge in [0.1, 0.15) is 6.61 Å². The van der Waals surface area contributed by atoms with E-state index in [9.17, 15) is 4.21 Å². The molecule has 0 N–H and O–H groups in total. The molecule has 0 aromatic heterocycles. The summed E-state index contributed by atoms with van der Waals surface area (Å²) >= 11 is 0. The van der Waals surface area contributed by atoms with Gasteiger partial charge in [-0.2, -0.15) is 0 Å². The first-order valence-corrected chi connectivity index (χ1v) is 4.70. The standard InChI is InChI=1S/C7H12O2S/c1-6(2)3-9-4-7-5-10(7)8/h3,7H,4-5H2,1-2H3. The van der Waals surface area contributed by atoms with Crippen LogP contribution < -0.4 is 0 Å². The van der Waals surface area contributed by atoms with Crippen LogP contribution in [-0.4, -0.2) is 21.8 Å². The Labute approximate surface area is 63.7 Å². The fourth-order valence-corrected chi connectivity index (χ4v) is 1.37. The quantitative estimate of drug-likeness (QED) is 0.456. The second-order valence-corrected chi connectivity index (χ2v) is 4.46. The molecule has 0 radical (unpaired) electrons. The first-order chi connectivity index (χ1) is 4.70. The maximum Gasteiger partial charge on any atom is 0.103 e. The minimum absolute atomic E-state index is 0.315. The van der Waals surface area contributed by atoms with Crippen LogP contribution in [0.3, 0.4) is 0 Å². The molecule has 2 nitrogen and oxygen atoms in total. The van der Waals surface area contributed by atoms with Crippen LogP contribution >= 0.6 is 0 Å². The van der Waals surface area contributed by atoms with Crippen molar-refractivity contribution in [3.63, 3.8) is 0 Å². The summed E-state index contributed by atoms with van der Waals surface area (Å²) < 4.78 is 15.7. The van der Waals surface area contributed by atoms with E-state index in [0.717, 1.165) is 11.3 Å². The zero-order chi connectivity index (χ0) is 7.56. The number of rotatable bonds is 3. The average molecular weight is 160 g/mol. The molecular weight excluding hydrogens is 148 g/mol. The Balaban J connectivity index is 2.07. The summed E-state index contributed by atoms with van der Waals surface area (Å²) in [6, 6.07) is 0. The molecule has 1 saturated heterocycles. The Morgan fingerprint density at radius 2 is 2.40 bits per heavy atom. The van der Waals surface area contributed by atoms with E-state index in [1.807, 2.05) is 13.8 Å². The molecule has 1 aliphatic rings. The lowest BCUT2D eigenvalue weighted by molar-refractivity contribution is 0.257. The number of hydrogen-bond donors (Lipinski definition) is 0. The molecule has 1 rings (SSSR count). The van der Waals surface area contributed by atoms with Crippen molar-refractivity contribution in [1.82, 2.24) is 0 Å². The fraction of sp³-hybridized carbons (Fsp3) is 0.714. The molecule has 0 amide bonds. The van der Waals surface area contributed by atoms with Crippen molar-refractivity contribution in [1.29, 1.82) is 0 Å². The van der Waals surface area contributed by atoms with Crippen molar-refractivity contribution in [2.45, 2.75) is 19.1 Å². The highest BCUT2D eigenvalue weighted by atomic mass is 32.2. The van der Waals surface area contributed by atoms with Crippen molar-refractivity contribution in [2.75, 3.05) is 12.4 Å². The molecule has 0 bridgehead atoms. The lowest BCUT2D eigenvalue weighted by Gasteiger charge is -1.95. The first kappa shape index (κ1) is 7.79. The van der Waals surface area contributed by atoms with Gasteiger partial charge in [0, 0.05) is 16.6 Å². The van der Waals surface area contributed by atoms with E-state index in [-0.39, 0.29) is 0 Å². The van der Waals surface area contributed by atoms with Gasteiger partial charge in [-0.25, -0.2) is 0 Å². The summed E-state index contributed by atoms with van der Waals surface area (Å²) in [7, 11) is -0.568. The third-order valence-electron chi connectivity index (χ3n) is 1.21. The zero-order valence-corrected chi connectivity index (χ0v) is 7.11. The SMILES string of the molecule is CC(C)=COCC1CS1=O. The van der Waals surface area contributed by atoms with Gasteiger partial charge in [-0.3, -0.25) is 4.21 Å². The van der Waals surface area contributed by atoms with Gasteiger partial charge >= 0.3 is 0 Å². The van der Waals surface area contributed by atoms with Gasteiger partial charge in [0.2, 0.25) is 0 Å². The molecule has 10 heavy (non-hydrogen) atoms. The molecule has 3 heteroatoms. The van der Waals surface area contributed by atoms with E-state index in [4.69, 9.17) is 4.74 Å². The van der Waals surface area contributed by atoms with Gasteiger partial charge in [-0.1, -0.05) is 0 Å². The Hall–Kier alpha value is -0.310. The van der Waals surface area contributed by atoms with Gasteiger partial charge in [-0.05, 0) is 19.4 Å². The van der Waals surface area contributed by atoms with E-state index in [2.05, 4.69) is 0 Å². The molecule has 0 aliphatic carbocycles. The molecule has 1 heterocycles. The molecule has 0 saturated carbocycles. The minimum Gasteiger partial charge on any atom is -0.500 e. The lowest BCUT2D eigenvalue weighted by atomic mass is 10.4. The van der Waals surface area contributed by atoms with Crippen molar-refractivity contribution in [3.8, 4) is 0 Å². The summed E-state index contributed by atoms with van der Waals surface area (Å²) in [6.07, 6.45) is 1.72. The normalized spacial score (nSPS) is 29.4. The number of ether oxygens (including phenoxy) is 1. The Morgan fingerprint density at radius 3 is 2.80 bits per heavy atom. The largest absolute Gasteiger partial charge is 0.500 e. The number of hydrogen-bond acceptors (Lipinski definition) is 2. The fourth-order valence-electron chi connectivity index (χ4n) is 0.590. The number of allylic oxidation sites excluding steroid dienone is 1. The van der Waals surface area contributed by atoms with Crippen LogP contribution in [0.2, 0.25) is 0 Å². The Kier molecular flexibility index (Phi) is 2.49. The second kappa shape index (κ2) is 3.19. The first-order valence-electron chi connectivity index (χ1n) is 3.32. The van der Waals surface area contributed by atoms with Crippen LogP contribution in [0.4, 0.5) is 0 Å². The lowest BCUT2D eigenvalue weighted by Crippen LogP contribution is -1.96. The van der Waals surface area contributed by atoms with Crippen molar-refractivity contribution >= 4 is 10.8 Å². The molecule has 1 aliphatic heterocycles. The molecule has 58 valence electrons. The summed E-state index contributed by atoms with van der Waals surface area (Å²) in [6.45, 7) is 4.57. The van der Waals surface area contributed by atoms with E-state index in [1.54, 1.807) is 6.26 Å². The smallest absolute Gasteiger partial charge is 0.103 e. The van der Waals surface area contributed by atoms with E-state index >= 15 is 0 Å². The van der Waals surface area contributed by atoms with E-state index in [1.165, 1.54) is 0 Å².